The number of hydrogen-bond donors (Lipinski definition) is 0. The number of carbonyl (C=O) groups excluding carboxylic acids is 3. The first-order chi connectivity index (χ1) is 40.5. The SMILES string of the molecule is CC/C=C\C/C=C\C/C=C\C/C=C\C/C=C\C/C=C\C/C=C\C/C=C\CCCCCCC(=O)OCC(COC(=O)CCCCCCC/C=C\C/C=C\CCCCCC)OC(=O)CCCCCCCCCCC/C=C\C/C=C\CCCCC. The lowest BCUT2D eigenvalue weighted by Crippen LogP contribution is -2.30. The van der Waals surface area contributed by atoms with Crippen molar-refractivity contribution in [3.05, 3.63) is 146 Å². The van der Waals surface area contributed by atoms with Gasteiger partial charge < -0.3 is 14.2 Å². The van der Waals surface area contributed by atoms with Crippen molar-refractivity contribution in [1.29, 1.82) is 0 Å². The predicted octanol–water partition coefficient (Wildman–Crippen LogP) is 23.5. The first-order valence-electron chi connectivity index (χ1n) is 33.8. The smallest absolute Gasteiger partial charge is 0.306 e. The fourth-order valence-electron chi connectivity index (χ4n) is 8.99. The molecular weight excluding hydrogens is 1010 g/mol. The first-order valence-corrected chi connectivity index (χ1v) is 33.8. The van der Waals surface area contributed by atoms with E-state index in [4.69, 9.17) is 14.2 Å². The molecule has 0 aromatic heterocycles. The molecule has 464 valence electrons. The monoisotopic (exact) mass is 1130 g/mol. The molecule has 0 spiro atoms. The first kappa shape index (κ1) is 77.3. The Kier molecular flexibility index (Phi) is 64.8. The van der Waals surface area contributed by atoms with E-state index >= 15 is 0 Å². The van der Waals surface area contributed by atoms with E-state index in [1.165, 1.54) is 103 Å². The van der Waals surface area contributed by atoms with Crippen molar-refractivity contribution < 1.29 is 28.6 Å². The largest absolute Gasteiger partial charge is 0.462 e. The molecule has 0 aromatic rings. The van der Waals surface area contributed by atoms with Crippen LogP contribution in [-0.2, 0) is 28.6 Å². The zero-order valence-corrected chi connectivity index (χ0v) is 53.2. The van der Waals surface area contributed by atoms with Crippen LogP contribution >= 0.6 is 0 Å². The molecule has 0 bridgehead atoms. The number of carbonyl (C=O) groups is 3. The summed E-state index contributed by atoms with van der Waals surface area (Å²) in [5, 5.41) is 0. The fourth-order valence-corrected chi connectivity index (χ4v) is 8.99. The van der Waals surface area contributed by atoms with Gasteiger partial charge in [-0.25, -0.2) is 0 Å². The van der Waals surface area contributed by atoms with Gasteiger partial charge in [-0.05, 0) is 148 Å². The van der Waals surface area contributed by atoms with Gasteiger partial charge in [0.25, 0.3) is 0 Å². The van der Waals surface area contributed by atoms with Gasteiger partial charge in [0.05, 0.1) is 0 Å². The lowest BCUT2D eigenvalue weighted by atomic mass is 10.1. The Morgan fingerprint density at radius 2 is 0.476 bits per heavy atom. The van der Waals surface area contributed by atoms with Crippen molar-refractivity contribution in [1.82, 2.24) is 0 Å². The lowest BCUT2D eigenvalue weighted by Gasteiger charge is -2.18. The molecule has 82 heavy (non-hydrogen) atoms. The van der Waals surface area contributed by atoms with Crippen LogP contribution in [0.25, 0.3) is 0 Å². The number of rotatable bonds is 60. The Balaban J connectivity index is 4.45. The third-order valence-corrected chi connectivity index (χ3v) is 14.0. The molecule has 0 saturated heterocycles. The van der Waals surface area contributed by atoms with Crippen LogP contribution in [0.5, 0.6) is 0 Å². The van der Waals surface area contributed by atoms with E-state index in [1.807, 2.05) is 0 Å². The Bertz CT molecular complexity index is 1780. The maximum Gasteiger partial charge on any atom is 0.306 e. The van der Waals surface area contributed by atoms with E-state index in [0.29, 0.717) is 19.3 Å². The van der Waals surface area contributed by atoms with Crippen molar-refractivity contribution in [3.8, 4) is 0 Å². The zero-order valence-electron chi connectivity index (χ0n) is 53.2. The van der Waals surface area contributed by atoms with Gasteiger partial charge in [0.2, 0.25) is 0 Å². The van der Waals surface area contributed by atoms with E-state index in [1.54, 1.807) is 0 Å². The second-order valence-electron chi connectivity index (χ2n) is 22.0. The van der Waals surface area contributed by atoms with Gasteiger partial charge in [-0.2, -0.15) is 0 Å². The molecular formula is C76H124O6. The van der Waals surface area contributed by atoms with Crippen molar-refractivity contribution in [2.24, 2.45) is 0 Å². The molecule has 1 unspecified atom stereocenters. The van der Waals surface area contributed by atoms with Crippen LogP contribution in [0.4, 0.5) is 0 Å². The molecule has 0 aromatic carbocycles. The van der Waals surface area contributed by atoms with E-state index in [0.717, 1.165) is 154 Å². The Morgan fingerprint density at radius 1 is 0.256 bits per heavy atom. The molecule has 0 radical (unpaired) electrons. The summed E-state index contributed by atoms with van der Waals surface area (Å²) in [6.45, 7) is 6.46. The van der Waals surface area contributed by atoms with Gasteiger partial charge in [-0.1, -0.05) is 276 Å². The summed E-state index contributed by atoms with van der Waals surface area (Å²) in [7, 11) is 0. The van der Waals surface area contributed by atoms with Crippen molar-refractivity contribution in [3.63, 3.8) is 0 Å². The summed E-state index contributed by atoms with van der Waals surface area (Å²) < 4.78 is 16.9. The molecule has 0 aliphatic carbocycles. The molecule has 0 heterocycles. The van der Waals surface area contributed by atoms with Gasteiger partial charge in [-0.15, -0.1) is 0 Å². The van der Waals surface area contributed by atoms with Gasteiger partial charge in [-0.3, -0.25) is 14.4 Å². The fraction of sp³-hybridized carbons (Fsp3) is 0.645. The average Bonchev–Trinajstić information content (AvgIpc) is 3.47. The molecule has 0 aliphatic rings. The maximum absolute atomic E-state index is 12.9. The third kappa shape index (κ3) is 66.1. The highest BCUT2D eigenvalue weighted by Crippen LogP contribution is 2.15. The topological polar surface area (TPSA) is 78.9 Å². The molecule has 0 saturated carbocycles. The highest BCUT2D eigenvalue weighted by Gasteiger charge is 2.19. The van der Waals surface area contributed by atoms with E-state index in [9.17, 15) is 14.4 Å². The van der Waals surface area contributed by atoms with Crippen LogP contribution < -0.4 is 0 Å². The lowest BCUT2D eigenvalue weighted by molar-refractivity contribution is -0.167. The molecule has 0 rings (SSSR count). The number of esters is 3. The average molecular weight is 1130 g/mol. The van der Waals surface area contributed by atoms with Gasteiger partial charge in [0, 0.05) is 19.3 Å². The predicted molar refractivity (Wildman–Crippen MR) is 357 cm³/mol. The highest BCUT2D eigenvalue weighted by molar-refractivity contribution is 5.71. The Morgan fingerprint density at radius 3 is 0.768 bits per heavy atom. The minimum atomic E-state index is -0.805. The van der Waals surface area contributed by atoms with Crippen molar-refractivity contribution >= 4 is 17.9 Å². The van der Waals surface area contributed by atoms with E-state index in [2.05, 4.69) is 167 Å². The number of allylic oxidation sites excluding steroid dienone is 24. The Labute approximate surface area is 506 Å². The van der Waals surface area contributed by atoms with Crippen LogP contribution in [0, 0.1) is 0 Å². The van der Waals surface area contributed by atoms with E-state index in [-0.39, 0.29) is 31.1 Å². The maximum atomic E-state index is 12.9. The van der Waals surface area contributed by atoms with Crippen LogP contribution in [-0.4, -0.2) is 37.2 Å². The summed E-state index contributed by atoms with van der Waals surface area (Å²) in [4.78, 5) is 38.4. The summed E-state index contributed by atoms with van der Waals surface area (Å²) in [6, 6.07) is 0. The van der Waals surface area contributed by atoms with E-state index < -0.39 is 6.10 Å². The van der Waals surface area contributed by atoms with Gasteiger partial charge in [0.15, 0.2) is 6.10 Å². The molecule has 0 amide bonds. The van der Waals surface area contributed by atoms with Crippen molar-refractivity contribution in [2.45, 2.75) is 303 Å². The summed E-state index contributed by atoms with van der Waals surface area (Å²) in [5.41, 5.74) is 0. The second-order valence-corrected chi connectivity index (χ2v) is 22.0. The minimum Gasteiger partial charge on any atom is -0.462 e. The summed E-state index contributed by atoms with van der Waals surface area (Å²) in [6.07, 6.45) is 98.5. The number of unbranched alkanes of at least 4 members (excludes halogenated alkanes) is 25. The van der Waals surface area contributed by atoms with Gasteiger partial charge >= 0.3 is 17.9 Å². The molecule has 0 fully saturated rings. The normalized spacial score (nSPS) is 13.1. The van der Waals surface area contributed by atoms with Crippen LogP contribution in [0.2, 0.25) is 0 Å². The highest BCUT2D eigenvalue weighted by atomic mass is 16.6. The molecule has 6 nitrogen and oxygen atoms in total. The third-order valence-electron chi connectivity index (χ3n) is 14.0. The van der Waals surface area contributed by atoms with Crippen molar-refractivity contribution in [2.75, 3.05) is 13.2 Å². The summed E-state index contributed by atoms with van der Waals surface area (Å²) >= 11 is 0. The van der Waals surface area contributed by atoms with Crippen LogP contribution in [0.15, 0.2) is 146 Å². The molecule has 6 heteroatoms. The van der Waals surface area contributed by atoms with Gasteiger partial charge in [0.1, 0.15) is 13.2 Å². The summed E-state index contributed by atoms with van der Waals surface area (Å²) in [5.74, 6) is -0.939. The molecule has 0 N–H and O–H groups in total. The Hall–Kier alpha value is -4.71. The zero-order chi connectivity index (χ0) is 59.2. The molecule has 0 aliphatic heterocycles. The number of hydrogen-bond acceptors (Lipinski definition) is 6. The van der Waals surface area contributed by atoms with Crippen LogP contribution in [0.3, 0.4) is 0 Å². The van der Waals surface area contributed by atoms with Crippen LogP contribution in [0.1, 0.15) is 297 Å². The standard InChI is InChI=1S/C76H124O6/c1-4-7-10-13-16-19-22-25-28-31-33-34-35-36-37-38-39-40-41-42-44-45-48-51-54-57-60-63-66-69-75(78)81-72-73(71-80-74(77)68-65-62-59-56-53-50-47-30-27-24-21-18-15-12-9-6-3)82-76(79)70-67-64-61-58-55-52-49-46-43-32-29-26-23-20-17-14-11-8-5-2/h7,10,16-17,19-21,24-26,28-30,33-34,36-37,39-40,42,44,47-48,51,73H,4-6,8-9,11-15,18,22-23,27,31-32,35,38,41,43,45-46,49-50,52-72H2,1-3H3/b10-7-,19-16-,20-17-,24-21-,28-25-,29-26-,34-33-,37-36-,40-39-,44-42-,47-30-,51-48-. The molecule has 1 atom stereocenters. The second kappa shape index (κ2) is 68.8. The minimum absolute atomic E-state index is 0.0994. The quantitative estimate of drug-likeness (QED) is 0.0261. The number of ether oxygens (including phenoxy) is 3.